The lowest BCUT2D eigenvalue weighted by atomic mass is 9.96. The highest BCUT2D eigenvalue weighted by atomic mass is 35.5. The van der Waals surface area contributed by atoms with Crippen molar-refractivity contribution in [2.45, 2.75) is 24.4 Å². The summed E-state index contributed by atoms with van der Waals surface area (Å²) >= 11 is 6.13. The fraction of sp³-hybridized carbons (Fsp3) is 0.417. The molecule has 1 aromatic rings. The summed E-state index contributed by atoms with van der Waals surface area (Å²) in [5, 5.41) is 4.03. The molecule has 1 aliphatic heterocycles. The Kier molecular flexibility index (Phi) is 2.03. The molecule has 2 atom stereocenters. The number of nitrogens with one attached hydrogen (secondary N) is 1. The minimum atomic E-state index is -0.480. The molecule has 0 amide bonds. The second kappa shape index (κ2) is 3.22. The molecular formula is C12H12ClNO2. The number of rotatable bonds is 1. The second-order valence-corrected chi connectivity index (χ2v) is 4.79. The van der Waals surface area contributed by atoms with Gasteiger partial charge in [-0.2, -0.15) is 0 Å². The van der Waals surface area contributed by atoms with Crippen molar-refractivity contribution < 1.29 is 9.53 Å². The third-order valence-corrected chi connectivity index (χ3v) is 3.98. The number of esters is 1. The van der Waals surface area contributed by atoms with Crippen molar-refractivity contribution in [2.24, 2.45) is 0 Å². The quantitative estimate of drug-likeness (QED) is 0.758. The van der Waals surface area contributed by atoms with E-state index in [0.717, 1.165) is 17.0 Å². The van der Waals surface area contributed by atoms with Gasteiger partial charge in [0.2, 0.25) is 0 Å². The van der Waals surface area contributed by atoms with Crippen molar-refractivity contribution in [1.29, 1.82) is 0 Å². The molecule has 1 saturated carbocycles. The molecule has 1 heterocycles. The van der Waals surface area contributed by atoms with Crippen LogP contribution in [0.3, 0.4) is 0 Å². The molecule has 0 bridgehead atoms. The zero-order valence-corrected chi connectivity index (χ0v) is 9.67. The summed E-state index contributed by atoms with van der Waals surface area (Å²) in [5.74, 6) is 0.0607. The topological polar surface area (TPSA) is 38.3 Å². The van der Waals surface area contributed by atoms with Gasteiger partial charge in [-0.05, 0) is 23.6 Å². The van der Waals surface area contributed by atoms with Crippen molar-refractivity contribution in [3.05, 3.63) is 34.3 Å². The van der Waals surface area contributed by atoms with Gasteiger partial charge in [0.25, 0.3) is 0 Å². The van der Waals surface area contributed by atoms with E-state index in [-0.39, 0.29) is 11.9 Å². The van der Waals surface area contributed by atoms with Gasteiger partial charge in [-0.25, -0.2) is 0 Å². The van der Waals surface area contributed by atoms with Crippen LogP contribution in [0.4, 0.5) is 0 Å². The van der Waals surface area contributed by atoms with Crippen molar-refractivity contribution in [1.82, 2.24) is 5.32 Å². The molecule has 0 unspecified atom stereocenters. The molecule has 1 N–H and O–H groups in total. The van der Waals surface area contributed by atoms with E-state index in [1.54, 1.807) is 0 Å². The number of fused-ring (bicyclic) bond motifs is 3. The Morgan fingerprint density at radius 2 is 2.44 bits per heavy atom. The molecule has 16 heavy (non-hydrogen) atoms. The molecule has 3 rings (SSSR count). The van der Waals surface area contributed by atoms with Crippen LogP contribution < -0.4 is 5.32 Å². The van der Waals surface area contributed by atoms with Gasteiger partial charge in [0, 0.05) is 17.5 Å². The van der Waals surface area contributed by atoms with Crippen LogP contribution in [-0.2, 0) is 16.1 Å². The largest absolute Gasteiger partial charge is 0.468 e. The molecule has 3 nitrogen and oxygen atoms in total. The van der Waals surface area contributed by atoms with Crippen LogP contribution in [0, 0.1) is 0 Å². The lowest BCUT2D eigenvalue weighted by molar-refractivity contribution is -0.144. The van der Waals surface area contributed by atoms with Crippen molar-refractivity contribution in [2.75, 3.05) is 7.11 Å². The normalized spacial score (nSPS) is 30.2. The van der Waals surface area contributed by atoms with Gasteiger partial charge in [0.15, 0.2) is 0 Å². The zero-order chi connectivity index (χ0) is 11.3. The van der Waals surface area contributed by atoms with Crippen LogP contribution in [0.5, 0.6) is 0 Å². The first-order valence-electron chi connectivity index (χ1n) is 5.30. The highest BCUT2D eigenvalue weighted by Gasteiger charge is 2.63. The van der Waals surface area contributed by atoms with Gasteiger partial charge < -0.3 is 4.74 Å². The van der Waals surface area contributed by atoms with Crippen LogP contribution in [0.1, 0.15) is 23.5 Å². The van der Waals surface area contributed by atoms with Gasteiger partial charge >= 0.3 is 5.97 Å². The van der Waals surface area contributed by atoms with E-state index in [4.69, 9.17) is 16.3 Å². The standard InChI is InChI=1S/C12H12ClNO2/c1-16-11(15)12-5-9(12)7-3-2-4-10(13)8(7)6-14-12/h2-4,9,14H,5-6H2,1H3/t9-,12-/m1/s1. The van der Waals surface area contributed by atoms with Crippen molar-refractivity contribution >= 4 is 17.6 Å². The van der Waals surface area contributed by atoms with E-state index in [1.165, 1.54) is 12.7 Å². The number of carbonyl (C=O) groups excluding carboxylic acids is 1. The lowest BCUT2D eigenvalue weighted by Gasteiger charge is -2.24. The summed E-state index contributed by atoms with van der Waals surface area (Å²) in [6, 6.07) is 5.87. The van der Waals surface area contributed by atoms with Gasteiger partial charge in [-0.3, -0.25) is 10.1 Å². The molecule has 1 aliphatic carbocycles. The fourth-order valence-electron chi connectivity index (χ4n) is 2.65. The molecule has 84 valence electrons. The highest BCUT2D eigenvalue weighted by molar-refractivity contribution is 6.31. The highest BCUT2D eigenvalue weighted by Crippen LogP contribution is 2.56. The fourth-order valence-corrected chi connectivity index (χ4v) is 2.90. The third-order valence-electron chi connectivity index (χ3n) is 3.62. The van der Waals surface area contributed by atoms with Gasteiger partial charge in [0.1, 0.15) is 5.54 Å². The molecule has 2 aliphatic rings. The molecular weight excluding hydrogens is 226 g/mol. The Balaban J connectivity index is 2.02. The minimum absolute atomic E-state index is 0.164. The number of carbonyl (C=O) groups is 1. The number of hydrogen-bond donors (Lipinski definition) is 1. The van der Waals surface area contributed by atoms with Crippen LogP contribution in [0.25, 0.3) is 0 Å². The SMILES string of the molecule is COC(=O)[C@@]12C[C@@H]1c1cccc(Cl)c1CN2. The zero-order valence-electron chi connectivity index (χ0n) is 8.92. The van der Waals surface area contributed by atoms with Gasteiger partial charge in [-0.1, -0.05) is 23.7 Å². The number of hydrogen-bond acceptors (Lipinski definition) is 3. The van der Waals surface area contributed by atoms with Gasteiger partial charge in [0.05, 0.1) is 7.11 Å². The average Bonchev–Trinajstić information content (AvgIpc) is 3.04. The van der Waals surface area contributed by atoms with Crippen molar-refractivity contribution in [3.63, 3.8) is 0 Å². The third kappa shape index (κ3) is 1.16. The molecule has 1 aromatic carbocycles. The lowest BCUT2D eigenvalue weighted by Crippen LogP contribution is -2.43. The first-order chi connectivity index (χ1) is 7.69. The Morgan fingerprint density at radius 1 is 1.62 bits per heavy atom. The number of benzene rings is 1. The number of ether oxygens (including phenoxy) is 1. The van der Waals surface area contributed by atoms with E-state index in [2.05, 4.69) is 11.4 Å². The molecule has 1 fully saturated rings. The van der Waals surface area contributed by atoms with E-state index in [9.17, 15) is 4.79 Å². The predicted octanol–water partition coefficient (Wildman–Crippen LogP) is 1.84. The van der Waals surface area contributed by atoms with Crippen LogP contribution in [0.15, 0.2) is 18.2 Å². The van der Waals surface area contributed by atoms with E-state index < -0.39 is 5.54 Å². The van der Waals surface area contributed by atoms with Crippen LogP contribution >= 0.6 is 11.6 Å². The Bertz CT molecular complexity index is 474. The summed E-state index contributed by atoms with van der Waals surface area (Å²) in [6.45, 7) is 0.639. The van der Waals surface area contributed by atoms with Crippen LogP contribution in [0.2, 0.25) is 5.02 Å². The summed E-state index contributed by atoms with van der Waals surface area (Å²) in [5.41, 5.74) is 1.83. The monoisotopic (exact) mass is 237 g/mol. The number of halogens is 1. The Morgan fingerprint density at radius 3 is 3.19 bits per heavy atom. The summed E-state index contributed by atoms with van der Waals surface area (Å²) in [7, 11) is 1.43. The maximum absolute atomic E-state index is 11.7. The molecule has 4 heteroatoms. The first-order valence-corrected chi connectivity index (χ1v) is 5.67. The van der Waals surface area contributed by atoms with E-state index >= 15 is 0 Å². The minimum Gasteiger partial charge on any atom is -0.468 e. The average molecular weight is 238 g/mol. The molecule has 0 saturated heterocycles. The predicted molar refractivity (Wildman–Crippen MR) is 60.4 cm³/mol. The molecule has 0 spiro atoms. The Hall–Kier alpha value is -1.06. The van der Waals surface area contributed by atoms with Crippen molar-refractivity contribution in [3.8, 4) is 0 Å². The summed E-state index contributed by atoms with van der Waals surface area (Å²) in [6.07, 6.45) is 0.813. The maximum Gasteiger partial charge on any atom is 0.326 e. The molecule has 0 radical (unpaired) electrons. The summed E-state index contributed by atoms with van der Waals surface area (Å²) in [4.78, 5) is 11.7. The summed E-state index contributed by atoms with van der Waals surface area (Å²) < 4.78 is 4.85. The van der Waals surface area contributed by atoms with E-state index in [0.29, 0.717) is 6.54 Å². The Labute approximate surface area is 98.7 Å². The van der Waals surface area contributed by atoms with Gasteiger partial charge in [-0.15, -0.1) is 0 Å². The smallest absolute Gasteiger partial charge is 0.326 e. The first kappa shape index (κ1) is 10.1. The number of methoxy groups -OCH3 is 1. The second-order valence-electron chi connectivity index (χ2n) is 4.38. The van der Waals surface area contributed by atoms with E-state index in [1.807, 2.05) is 12.1 Å². The van der Waals surface area contributed by atoms with Crippen LogP contribution in [-0.4, -0.2) is 18.6 Å². The molecule has 0 aromatic heterocycles. The maximum atomic E-state index is 11.7.